The van der Waals surface area contributed by atoms with Gasteiger partial charge in [-0.3, -0.25) is 5.43 Å². The van der Waals surface area contributed by atoms with E-state index in [2.05, 4.69) is 15.5 Å². The summed E-state index contributed by atoms with van der Waals surface area (Å²) in [7, 11) is 0. The average Bonchev–Trinajstić information content (AvgIpc) is 3.04. The molecule has 0 spiro atoms. The lowest BCUT2D eigenvalue weighted by molar-refractivity contribution is 0.572. The lowest BCUT2D eigenvalue weighted by atomic mass is 10.2. The molecule has 3 rings (SSSR count). The van der Waals surface area contributed by atoms with Gasteiger partial charge in [-0.15, -0.1) is 0 Å². The van der Waals surface area contributed by atoms with Crippen molar-refractivity contribution in [3.8, 4) is 11.3 Å². The van der Waals surface area contributed by atoms with Gasteiger partial charge in [0.25, 0.3) is 0 Å². The summed E-state index contributed by atoms with van der Waals surface area (Å²) in [5.41, 5.74) is 12.2. The highest BCUT2D eigenvalue weighted by atomic mass is 16.3. The molecule has 0 saturated heterocycles. The first kappa shape index (κ1) is 12.9. The Balaban J connectivity index is 1.64. The Bertz CT molecular complexity index is 716. The van der Waals surface area contributed by atoms with Gasteiger partial charge in [-0.05, 0) is 42.0 Å². The predicted molar refractivity (Wildman–Crippen MR) is 84.0 cm³/mol. The molecule has 0 aliphatic carbocycles. The highest BCUT2D eigenvalue weighted by Crippen LogP contribution is 2.20. The number of oxazole rings is 1. The Labute approximate surface area is 122 Å². The summed E-state index contributed by atoms with van der Waals surface area (Å²) < 4.78 is 5.24. The molecule has 0 saturated carbocycles. The van der Waals surface area contributed by atoms with E-state index in [4.69, 9.17) is 10.2 Å². The number of rotatable bonds is 4. The van der Waals surface area contributed by atoms with Crippen LogP contribution in [0.25, 0.3) is 11.3 Å². The molecule has 5 heteroatoms. The topological polar surface area (TPSA) is 76.4 Å². The first-order chi connectivity index (χ1) is 10.3. The van der Waals surface area contributed by atoms with E-state index in [-0.39, 0.29) is 0 Å². The van der Waals surface area contributed by atoms with Crippen LogP contribution in [0.15, 0.2) is 70.6 Å². The van der Waals surface area contributed by atoms with E-state index in [0.29, 0.717) is 0 Å². The zero-order valence-electron chi connectivity index (χ0n) is 11.2. The Morgan fingerprint density at radius 1 is 1.05 bits per heavy atom. The van der Waals surface area contributed by atoms with Crippen LogP contribution in [0.5, 0.6) is 0 Å². The van der Waals surface area contributed by atoms with Crippen LogP contribution in [0.2, 0.25) is 0 Å². The van der Waals surface area contributed by atoms with E-state index in [1.165, 1.54) is 6.39 Å². The van der Waals surface area contributed by atoms with Crippen LogP contribution in [0.4, 0.5) is 11.4 Å². The minimum atomic E-state index is 0.739. The van der Waals surface area contributed by atoms with Gasteiger partial charge in [0.1, 0.15) is 0 Å². The summed E-state index contributed by atoms with van der Waals surface area (Å²) in [5.74, 6) is 0.743. The van der Waals surface area contributed by atoms with Gasteiger partial charge in [-0.2, -0.15) is 5.10 Å². The molecule has 3 aromatic rings. The SMILES string of the molecule is Nc1ccc(/C=N/Nc2ccc(-c3cnco3)cc2)cc1. The molecule has 1 aromatic heterocycles. The lowest BCUT2D eigenvalue weighted by Gasteiger charge is -2.01. The van der Waals surface area contributed by atoms with Crippen LogP contribution in [0.1, 0.15) is 5.56 Å². The number of nitrogens with two attached hydrogens (primary N) is 1. The normalized spacial score (nSPS) is 10.9. The quantitative estimate of drug-likeness (QED) is 0.436. The molecule has 0 fully saturated rings. The molecule has 0 radical (unpaired) electrons. The second kappa shape index (κ2) is 5.92. The fraction of sp³-hybridized carbons (Fsp3) is 0. The van der Waals surface area contributed by atoms with Crippen LogP contribution in [-0.2, 0) is 0 Å². The van der Waals surface area contributed by atoms with Crippen molar-refractivity contribution in [2.75, 3.05) is 11.2 Å². The van der Waals surface area contributed by atoms with Gasteiger partial charge in [0.2, 0.25) is 0 Å². The van der Waals surface area contributed by atoms with Crippen molar-refractivity contribution in [2.45, 2.75) is 0 Å². The Morgan fingerprint density at radius 2 is 1.81 bits per heavy atom. The molecule has 2 aromatic carbocycles. The molecule has 1 heterocycles. The summed E-state index contributed by atoms with van der Waals surface area (Å²) in [6.07, 6.45) is 4.84. The minimum absolute atomic E-state index is 0.739. The van der Waals surface area contributed by atoms with Gasteiger partial charge in [-0.1, -0.05) is 12.1 Å². The van der Waals surface area contributed by atoms with E-state index >= 15 is 0 Å². The number of hydrazone groups is 1. The average molecular weight is 278 g/mol. The predicted octanol–water partition coefficient (Wildman–Crippen LogP) is 3.37. The maximum Gasteiger partial charge on any atom is 0.181 e. The monoisotopic (exact) mass is 278 g/mol. The number of hydrogen-bond acceptors (Lipinski definition) is 5. The second-order valence-electron chi connectivity index (χ2n) is 4.48. The number of hydrogen-bond donors (Lipinski definition) is 2. The summed E-state index contributed by atoms with van der Waals surface area (Å²) in [4.78, 5) is 3.90. The lowest BCUT2D eigenvalue weighted by Crippen LogP contribution is -1.91. The van der Waals surface area contributed by atoms with Crippen LogP contribution < -0.4 is 11.2 Å². The fourth-order valence-corrected chi connectivity index (χ4v) is 1.83. The van der Waals surface area contributed by atoms with Crippen molar-refractivity contribution in [3.63, 3.8) is 0 Å². The zero-order valence-corrected chi connectivity index (χ0v) is 11.2. The highest BCUT2D eigenvalue weighted by molar-refractivity contribution is 5.80. The molecule has 0 amide bonds. The number of anilines is 2. The molecular weight excluding hydrogens is 264 g/mol. The minimum Gasteiger partial charge on any atom is -0.444 e. The molecular formula is C16H14N4O. The van der Waals surface area contributed by atoms with E-state index in [0.717, 1.165) is 28.3 Å². The third-order valence-corrected chi connectivity index (χ3v) is 2.95. The first-order valence-corrected chi connectivity index (χ1v) is 6.45. The van der Waals surface area contributed by atoms with Crippen molar-refractivity contribution < 1.29 is 4.42 Å². The summed E-state index contributed by atoms with van der Waals surface area (Å²) in [6, 6.07) is 15.3. The second-order valence-corrected chi connectivity index (χ2v) is 4.48. The van der Waals surface area contributed by atoms with Gasteiger partial charge in [0.15, 0.2) is 12.2 Å². The third-order valence-electron chi connectivity index (χ3n) is 2.95. The van der Waals surface area contributed by atoms with Gasteiger partial charge >= 0.3 is 0 Å². The fourth-order valence-electron chi connectivity index (χ4n) is 1.83. The number of nitrogen functional groups attached to an aromatic ring is 1. The molecule has 0 bridgehead atoms. The molecule has 104 valence electrons. The molecule has 0 aliphatic heterocycles. The molecule has 0 atom stereocenters. The Kier molecular flexibility index (Phi) is 3.64. The maximum atomic E-state index is 5.63. The van der Waals surface area contributed by atoms with E-state index in [1.807, 2.05) is 48.5 Å². The van der Waals surface area contributed by atoms with Gasteiger partial charge in [-0.25, -0.2) is 4.98 Å². The van der Waals surface area contributed by atoms with Crippen LogP contribution in [-0.4, -0.2) is 11.2 Å². The van der Waals surface area contributed by atoms with Gasteiger partial charge in [0.05, 0.1) is 18.1 Å². The molecule has 0 unspecified atom stereocenters. The van der Waals surface area contributed by atoms with E-state index in [9.17, 15) is 0 Å². The smallest absolute Gasteiger partial charge is 0.181 e. The molecule has 5 nitrogen and oxygen atoms in total. The summed E-state index contributed by atoms with van der Waals surface area (Å²) in [5, 5.41) is 4.18. The van der Waals surface area contributed by atoms with E-state index < -0.39 is 0 Å². The highest BCUT2D eigenvalue weighted by Gasteiger charge is 2.00. The number of aromatic nitrogens is 1. The van der Waals surface area contributed by atoms with Gasteiger partial charge in [0, 0.05) is 11.3 Å². The van der Waals surface area contributed by atoms with Crippen molar-refractivity contribution in [1.29, 1.82) is 0 Å². The number of benzene rings is 2. The van der Waals surface area contributed by atoms with Crippen molar-refractivity contribution in [2.24, 2.45) is 5.10 Å². The first-order valence-electron chi connectivity index (χ1n) is 6.45. The number of nitrogens with one attached hydrogen (secondary N) is 1. The number of nitrogens with zero attached hydrogens (tertiary/aromatic N) is 2. The molecule has 0 aliphatic rings. The van der Waals surface area contributed by atoms with Crippen molar-refractivity contribution in [3.05, 3.63) is 66.7 Å². The molecule has 21 heavy (non-hydrogen) atoms. The van der Waals surface area contributed by atoms with Gasteiger partial charge < -0.3 is 10.2 Å². The third kappa shape index (κ3) is 3.27. The zero-order chi connectivity index (χ0) is 14.5. The largest absolute Gasteiger partial charge is 0.444 e. The van der Waals surface area contributed by atoms with E-state index in [1.54, 1.807) is 12.4 Å². The standard InChI is InChI=1S/C16H14N4O/c17-14-5-1-12(2-6-14)9-19-20-15-7-3-13(4-8-15)16-10-18-11-21-16/h1-11,20H,17H2/b19-9+. The van der Waals surface area contributed by atoms with Crippen molar-refractivity contribution >= 4 is 17.6 Å². The van der Waals surface area contributed by atoms with Crippen molar-refractivity contribution in [1.82, 2.24) is 4.98 Å². The molecule has 3 N–H and O–H groups in total. The Hall–Kier alpha value is -3.08. The summed E-state index contributed by atoms with van der Waals surface area (Å²) >= 11 is 0. The summed E-state index contributed by atoms with van der Waals surface area (Å²) in [6.45, 7) is 0. The Morgan fingerprint density at radius 3 is 2.48 bits per heavy atom. The van der Waals surface area contributed by atoms with Crippen LogP contribution >= 0.6 is 0 Å². The van der Waals surface area contributed by atoms with Crippen LogP contribution in [0, 0.1) is 0 Å². The maximum absolute atomic E-state index is 5.63. The van der Waals surface area contributed by atoms with Crippen LogP contribution in [0.3, 0.4) is 0 Å².